The van der Waals surface area contributed by atoms with Crippen LogP contribution in [0.15, 0.2) is 53.9 Å². The number of urea groups is 1. The normalized spacial score (nSPS) is 14.5. The minimum absolute atomic E-state index is 0.0839. The Morgan fingerprint density at radius 2 is 2.03 bits per heavy atom. The second-order valence-electron chi connectivity index (χ2n) is 7.19. The van der Waals surface area contributed by atoms with Gasteiger partial charge in [0.1, 0.15) is 5.69 Å². The molecule has 7 nitrogen and oxygen atoms in total. The molecule has 0 bridgehead atoms. The van der Waals surface area contributed by atoms with E-state index in [1.807, 2.05) is 46.5 Å². The molecule has 2 aromatic heterocycles. The first-order valence-electron chi connectivity index (χ1n) is 9.92. The number of carbonyl (C=O) groups is 2. The number of aromatic nitrogens is 2. The number of hydrogen-bond acceptors (Lipinski definition) is 5. The zero-order valence-electron chi connectivity index (χ0n) is 16.8. The number of aryl methyl sites for hydroxylation is 1. The van der Waals surface area contributed by atoms with E-state index in [0.29, 0.717) is 13.1 Å². The molecule has 0 fully saturated rings. The fourth-order valence-corrected chi connectivity index (χ4v) is 4.29. The van der Waals surface area contributed by atoms with Crippen LogP contribution in [0.4, 0.5) is 4.79 Å². The molecule has 30 heavy (non-hydrogen) atoms. The van der Waals surface area contributed by atoms with Crippen LogP contribution >= 0.6 is 11.3 Å². The van der Waals surface area contributed by atoms with Gasteiger partial charge in [0.05, 0.1) is 36.7 Å². The minimum atomic E-state index is -0.444. The third-order valence-corrected chi connectivity index (χ3v) is 6.07. The number of nitrogens with one attached hydrogen (secondary N) is 1. The van der Waals surface area contributed by atoms with Crippen molar-refractivity contribution in [2.24, 2.45) is 0 Å². The number of methoxy groups -OCH3 is 1. The van der Waals surface area contributed by atoms with Crippen LogP contribution in [0.25, 0.3) is 10.6 Å². The summed E-state index contributed by atoms with van der Waals surface area (Å²) in [4.78, 5) is 27.9. The second-order valence-corrected chi connectivity index (χ2v) is 8.14. The molecule has 1 N–H and O–H groups in total. The van der Waals surface area contributed by atoms with Crippen molar-refractivity contribution < 1.29 is 14.3 Å². The van der Waals surface area contributed by atoms with Gasteiger partial charge in [0, 0.05) is 13.1 Å². The number of carbonyl (C=O) groups excluding carboxylic acids is 2. The lowest BCUT2D eigenvalue weighted by Gasteiger charge is -2.25. The summed E-state index contributed by atoms with van der Waals surface area (Å²) in [7, 11) is 1.35. The maximum Gasteiger partial charge on any atom is 0.318 e. The first-order chi connectivity index (χ1) is 14.6. The zero-order valence-corrected chi connectivity index (χ0v) is 17.6. The molecule has 0 radical (unpaired) electrons. The van der Waals surface area contributed by atoms with Gasteiger partial charge < -0.3 is 15.0 Å². The van der Waals surface area contributed by atoms with Gasteiger partial charge in [-0.1, -0.05) is 36.4 Å². The Kier molecular flexibility index (Phi) is 6.13. The number of hydrogen-bond donors (Lipinski definition) is 1. The average molecular weight is 425 g/mol. The topological polar surface area (TPSA) is 76.5 Å². The highest BCUT2D eigenvalue weighted by atomic mass is 32.1. The Hall–Kier alpha value is -3.13. The SMILES string of the molecule is COC(=O)C[C@H](NC(=O)N1CCCn2nc(-c3cccs3)cc2C1)c1ccccc1. The number of amides is 2. The van der Waals surface area contributed by atoms with Gasteiger partial charge in [-0.2, -0.15) is 5.10 Å². The Morgan fingerprint density at radius 3 is 2.77 bits per heavy atom. The average Bonchev–Trinajstić information content (AvgIpc) is 3.39. The van der Waals surface area contributed by atoms with E-state index in [2.05, 4.69) is 17.4 Å². The molecule has 4 rings (SSSR count). The predicted molar refractivity (Wildman–Crippen MR) is 115 cm³/mol. The van der Waals surface area contributed by atoms with Crippen LogP contribution < -0.4 is 5.32 Å². The highest BCUT2D eigenvalue weighted by Crippen LogP contribution is 2.26. The lowest BCUT2D eigenvalue weighted by molar-refractivity contribution is -0.141. The van der Waals surface area contributed by atoms with Crippen molar-refractivity contribution in [1.29, 1.82) is 0 Å². The summed E-state index contributed by atoms with van der Waals surface area (Å²) in [6.07, 6.45) is 0.902. The molecule has 0 saturated carbocycles. The summed E-state index contributed by atoms with van der Waals surface area (Å²) in [5, 5.41) is 9.77. The third kappa shape index (κ3) is 4.54. The fourth-order valence-electron chi connectivity index (χ4n) is 3.61. The van der Waals surface area contributed by atoms with Crippen molar-refractivity contribution in [1.82, 2.24) is 20.0 Å². The summed E-state index contributed by atoms with van der Waals surface area (Å²) >= 11 is 1.65. The van der Waals surface area contributed by atoms with Gasteiger partial charge in [-0.15, -0.1) is 11.3 Å². The van der Waals surface area contributed by atoms with E-state index in [1.165, 1.54) is 7.11 Å². The van der Waals surface area contributed by atoms with Crippen molar-refractivity contribution in [3.8, 4) is 10.6 Å². The van der Waals surface area contributed by atoms with Crippen LogP contribution in [0.5, 0.6) is 0 Å². The summed E-state index contributed by atoms with van der Waals surface area (Å²) in [5.74, 6) is -0.362. The minimum Gasteiger partial charge on any atom is -0.469 e. The largest absolute Gasteiger partial charge is 0.469 e. The number of benzene rings is 1. The lowest BCUT2D eigenvalue weighted by Crippen LogP contribution is -2.42. The fraction of sp³-hybridized carbons (Fsp3) is 0.318. The van der Waals surface area contributed by atoms with Crippen LogP contribution in [-0.2, 0) is 22.6 Å². The van der Waals surface area contributed by atoms with Gasteiger partial charge in [0.15, 0.2) is 0 Å². The predicted octanol–water partition coefficient (Wildman–Crippen LogP) is 3.83. The Bertz CT molecular complexity index is 1000. The van der Waals surface area contributed by atoms with Gasteiger partial charge >= 0.3 is 12.0 Å². The van der Waals surface area contributed by atoms with E-state index in [4.69, 9.17) is 9.84 Å². The van der Waals surface area contributed by atoms with Crippen LogP contribution in [-0.4, -0.2) is 40.3 Å². The molecule has 8 heteroatoms. The quantitative estimate of drug-likeness (QED) is 0.632. The van der Waals surface area contributed by atoms with Crippen LogP contribution in [0, 0.1) is 0 Å². The van der Waals surface area contributed by atoms with E-state index in [9.17, 15) is 9.59 Å². The summed E-state index contributed by atoms with van der Waals surface area (Å²) < 4.78 is 6.81. The van der Waals surface area contributed by atoms with Crippen LogP contribution in [0.3, 0.4) is 0 Å². The number of nitrogens with zero attached hydrogens (tertiary/aromatic N) is 3. The first-order valence-corrected chi connectivity index (χ1v) is 10.8. The smallest absolute Gasteiger partial charge is 0.318 e. The third-order valence-electron chi connectivity index (χ3n) is 5.17. The van der Waals surface area contributed by atoms with Gasteiger partial charge in [-0.3, -0.25) is 9.48 Å². The highest BCUT2D eigenvalue weighted by molar-refractivity contribution is 7.13. The lowest BCUT2D eigenvalue weighted by atomic mass is 10.0. The molecule has 3 aromatic rings. The van der Waals surface area contributed by atoms with Gasteiger partial charge in [-0.05, 0) is 29.5 Å². The number of rotatable bonds is 5. The molecular formula is C22H24N4O3S. The second kappa shape index (κ2) is 9.13. The van der Waals surface area contributed by atoms with E-state index < -0.39 is 6.04 Å². The Labute approximate surface area is 179 Å². The van der Waals surface area contributed by atoms with E-state index in [-0.39, 0.29) is 18.4 Å². The molecule has 1 aliphatic heterocycles. The standard InChI is InChI=1S/C22H24N4O3S/c1-29-21(27)14-18(16-7-3-2-4-8-16)23-22(28)25-10-6-11-26-17(15-25)13-19(24-26)20-9-5-12-30-20/h2-5,7-9,12-13,18H,6,10-11,14-15H2,1H3,(H,23,28)/t18-/m0/s1. The molecule has 156 valence electrons. The monoisotopic (exact) mass is 424 g/mol. The Balaban J connectivity index is 1.50. The van der Waals surface area contributed by atoms with Crippen LogP contribution in [0.2, 0.25) is 0 Å². The van der Waals surface area contributed by atoms with Crippen molar-refractivity contribution in [3.63, 3.8) is 0 Å². The van der Waals surface area contributed by atoms with Gasteiger partial charge in [0.25, 0.3) is 0 Å². The molecule has 1 aromatic carbocycles. The number of fused-ring (bicyclic) bond motifs is 1. The zero-order chi connectivity index (χ0) is 20.9. The summed E-state index contributed by atoms with van der Waals surface area (Å²) in [5.41, 5.74) is 2.82. The van der Waals surface area contributed by atoms with E-state index in [1.54, 1.807) is 16.2 Å². The van der Waals surface area contributed by atoms with E-state index in [0.717, 1.165) is 34.8 Å². The van der Waals surface area contributed by atoms with Gasteiger partial charge in [-0.25, -0.2) is 4.79 Å². The number of thiophene rings is 1. The maximum absolute atomic E-state index is 13.1. The molecule has 0 spiro atoms. The molecule has 2 amide bonds. The first kappa shape index (κ1) is 20.2. The molecular weight excluding hydrogens is 400 g/mol. The Morgan fingerprint density at radius 1 is 1.20 bits per heavy atom. The molecule has 0 aliphatic carbocycles. The molecule has 1 atom stereocenters. The van der Waals surface area contributed by atoms with Crippen LogP contribution in [0.1, 0.15) is 30.1 Å². The van der Waals surface area contributed by atoms with Crippen molar-refractivity contribution >= 4 is 23.3 Å². The van der Waals surface area contributed by atoms with E-state index >= 15 is 0 Å². The molecule has 0 unspecified atom stereocenters. The van der Waals surface area contributed by atoms with Gasteiger partial charge in [0.2, 0.25) is 0 Å². The van der Waals surface area contributed by atoms with Crippen molar-refractivity contribution in [2.45, 2.75) is 32.0 Å². The summed E-state index contributed by atoms with van der Waals surface area (Å²) in [6.45, 7) is 1.88. The molecule has 1 aliphatic rings. The number of esters is 1. The highest BCUT2D eigenvalue weighted by Gasteiger charge is 2.25. The summed E-state index contributed by atoms with van der Waals surface area (Å²) in [6, 6.07) is 15.0. The number of ether oxygens (including phenoxy) is 1. The maximum atomic E-state index is 13.1. The molecule has 3 heterocycles. The molecule has 0 saturated heterocycles. The van der Waals surface area contributed by atoms with Crippen molar-refractivity contribution in [2.75, 3.05) is 13.7 Å². The van der Waals surface area contributed by atoms with Crippen molar-refractivity contribution in [3.05, 3.63) is 65.2 Å².